The van der Waals surface area contributed by atoms with E-state index in [2.05, 4.69) is 70.1 Å². The van der Waals surface area contributed by atoms with Gasteiger partial charge in [-0.25, -0.2) is 4.68 Å². The van der Waals surface area contributed by atoms with E-state index in [1.165, 1.54) is 5.56 Å². The Bertz CT molecular complexity index is 1280. The smallest absolute Gasteiger partial charge is 0.250 e. The molecule has 2 heterocycles. The molecular weight excluding hydrogens is 410 g/mol. The van der Waals surface area contributed by atoms with Gasteiger partial charge in [-0.2, -0.15) is 4.98 Å². The monoisotopic (exact) mass is 435 g/mol. The summed E-state index contributed by atoms with van der Waals surface area (Å²) in [5.74, 6) is 0.792. The van der Waals surface area contributed by atoms with E-state index < -0.39 is 0 Å². The third-order valence-electron chi connectivity index (χ3n) is 5.70. The first-order chi connectivity index (χ1) is 16.2. The summed E-state index contributed by atoms with van der Waals surface area (Å²) in [5.41, 5.74) is 5.47. The van der Waals surface area contributed by atoms with Gasteiger partial charge in [-0.15, -0.1) is 5.10 Å². The average molecular weight is 436 g/mol. The van der Waals surface area contributed by atoms with Gasteiger partial charge in [-0.3, -0.25) is 10.1 Å². The maximum Gasteiger partial charge on any atom is 0.250 e. The number of hydrogen-bond donors (Lipinski definition) is 2. The highest BCUT2D eigenvalue weighted by molar-refractivity contribution is 5.89. The quantitative estimate of drug-likeness (QED) is 0.436. The minimum Gasteiger partial charge on any atom is -0.324 e. The number of carbonyl (C=O) groups is 1. The second-order valence-corrected chi connectivity index (χ2v) is 8.16. The Morgan fingerprint density at radius 1 is 0.970 bits per heavy atom. The van der Waals surface area contributed by atoms with Gasteiger partial charge >= 0.3 is 0 Å². The molecule has 0 radical (unpaired) electrons. The number of benzene rings is 3. The standard InChI is InChI=1S/C27H25N5O/c1-19-12-15-21(16-13-19)23-18-24(22-10-6-3-7-11-22)32-27(28-23)30-26(31-32)29-25(33)17-14-20-8-4-2-5-9-20/h2-13,15-16,18,24H,14,17H2,1H3,(H2,28,29,30,31,33)/t24-/m0/s1. The largest absolute Gasteiger partial charge is 0.324 e. The Kier molecular flexibility index (Phi) is 5.72. The number of allylic oxidation sites excluding steroid dienone is 1. The fraction of sp³-hybridized carbons (Fsp3) is 0.148. The van der Waals surface area contributed by atoms with Crippen molar-refractivity contribution in [2.24, 2.45) is 0 Å². The van der Waals surface area contributed by atoms with Crippen LogP contribution >= 0.6 is 0 Å². The maximum atomic E-state index is 12.5. The van der Waals surface area contributed by atoms with Crippen LogP contribution in [0.4, 0.5) is 11.9 Å². The van der Waals surface area contributed by atoms with Crippen LogP contribution < -0.4 is 10.6 Å². The number of aryl methyl sites for hydroxylation is 2. The molecule has 2 N–H and O–H groups in total. The summed E-state index contributed by atoms with van der Waals surface area (Å²) in [5, 5.41) is 10.9. The van der Waals surface area contributed by atoms with Crippen LogP contribution in [0.5, 0.6) is 0 Å². The molecule has 6 nitrogen and oxygen atoms in total. The first-order valence-corrected chi connectivity index (χ1v) is 11.1. The number of carbonyl (C=O) groups excluding carboxylic acids is 1. The Balaban J connectivity index is 1.39. The SMILES string of the molecule is Cc1ccc(C2=C[C@@H](c3ccccc3)n3nc(NC(=O)CCc4ccccc4)nc3N2)cc1. The zero-order chi connectivity index (χ0) is 22.6. The van der Waals surface area contributed by atoms with E-state index in [1.54, 1.807) is 0 Å². The molecule has 1 amide bonds. The minimum atomic E-state index is -0.138. The van der Waals surface area contributed by atoms with Crippen molar-refractivity contribution < 1.29 is 4.79 Å². The highest BCUT2D eigenvalue weighted by Gasteiger charge is 2.25. The molecule has 0 saturated carbocycles. The van der Waals surface area contributed by atoms with Gasteiger partial charge in [0, 0.05) is 12.1 Å². The fourth-order valence-electron chi connectivity index (χ4n) is 3.92. The van der Waals surface area contributed by atoms with Crippen molar-refractivity contribution in [2.45, 2.75) is 25.8 Å². The predicted molar refractivity (Wildman–Crippen MR) is 131 cm³/mol. The number of aromatic nitrogens is 3. The molecule has 1 aliphatic heterocycles. The Labute approximate surface area is 193 Å². The second kappa shape index (κ2) is 9.12. The number of fused-ring (bicyclic) bond motifs is 1. The van der Waals surface area contributed by atoms with Crippen molar-refractivity contribution in [3.05, 3.63) is 113 Å². The molecule has 33 heavy (non-hydrogen) atoms. The number of hydrogen-bond acceptors (Lipinski definition) is 4. The summed E-state index contributed by atoms with van der Waals surface area (Å²) in [6, 6.07) is 28.4. The topological polar surface area (TPSA) is 71.8 Å². The molecule has 6 heteroatoms. The second-order valence-electron chi connectivity index (χ2n) is 8.16. The molecule has 1 aromatic heterocycles. The van der Waals surface area contributed by atoms with E-state index in [1.807, 2.05) is 53.2 Å². The minimum absolute atomic E-state index is 0.107. The number of nitrogens with one attached hydrogen (secondary N) is 2. The number of rotatable bonds is 6. The van der Waals surface area contributed by atoms with Crippen LogP contribution in [0.15, 0.2) is 91.0 Å². The van der Waals surface area contributed by atoms with Crippen molar-refractivity contribution in [3.8, 4) is 0 Å². The number of nitrogens with zero attached hydrogens (tertiary/aromatic N) is 3. The van der Waals surface area contributed by atoms with Gasteiger partial charge < -0.3 is 5.32 Å². The van der Waals surface area contributed by atoms with Crippen molar-refractivity contribution in [3.63, 3.8) is 0 Å². The summed E-state index contributed by atoms with van der Waals surface area (Å²) in [4.78, 5) is 17.1. The normalized spacial score (nSPS) is 14.7. The van der Waals surface area contributed by atoms with Crippen LogP contribution in [0.3, 0.4) is 0 Å². The Morgan fingerprint density at radius 3 is 2.39 bits per heavy atom. The zero-order valence-corrected chi connectivity index (χ0v) is 18.4. The summed E-state index contributed by atoms with van der Waals surface area (Å²) in [6.45, 7) is 2.07. The first-order valence-electron chi connectivity index (χ1n) is 11.1. The molecule has 0 spiro atoms. The fourth-order valence-corrected chi connectivity index (χ4v) is 3.92. The van der Waals surface area contributed by atoms with Gasteiger partial charge in [0.05, 0.1) is 0 Å². The predicted octanol–water partition coefficient (Wildman–Crippen LogP) is 5.21. The van der Waals surface area contributed by atoms with Crippen molar-refractivity contribution in [1.82, 2.24) is 14.8 Å². The van der Waals surface area contributed by atoms with Gasteiger partial charge in [0.25, 0.3) is 5.95 Å². The molecule has 1 atom stereocenters. The van der Waals surface area contributed by atoms with Gasteiger partial charge in [-0.1, -0.05) is 90.5 Å². The zero-order valence-electron chi connectivity index (χ0n) is 18.4. The van der Waals surface area contributed by atoms with Crippen LogP contribution in [0, 0.1) is 6.92 Å². The van der Waals surface area contributed by atoms with Crippen molar-refractivity contribution in [1.29, 1.82) is 0 Å². The third-order valence-corrected chi connectivity index (χ3v) is 5.70. The van der Waals surface area contributed by atoms with Crippen LogP contribution in [0.2, 0.25) is 0 Å². The maximum absolute atomic E-state index is 12.5. The summed E-state index contributed by atoms with van der Waals surface area (Å²) in [7, 11) is 0. The summed E-state index contributed by atoms with van der Waals surface area (Å²) < 4.78 is 1.82. The molecule has 1 aliphatic rings. The third kappa shape index (κ3) is 4.70. The molecule has 0 bridgehead atoms. The molecule has 0 fully saturated rings. The lowest BCUT2D eigenvalue weighted by molar-refractivity contribution is -0.116. The van der Waals surface area contributed by atoms with Crippen molar-refractivity contribution in [2.75, 3.05) is 10.6 Å². The highest BCUT2D eigenvalue weighted by Crippen LogP contribution is 2.33. The lowest BCUT2D eigenvalue weighted by Gasteiger charge is -2.24. The lowest BCUT2D eigenvalue weighted by Crippen LogP contribution is -2.20. The Hall–Kier alpha value is -4.19. The molecule has 5 rings (SSSR count). The average Bonchev–Trinajstić information content (AvgIpc) is 3.26. The van der Waals surface area contributed by atoms with E-state index in [4.69, 9.17) is 0 Å². The van der Waals surface area contributed by atoms with Crippen LogP contribution in [0.25, 0.3) is 5.70 Å². The van der Waals surface area contributed by atoms with Crippen LogP contribution in [-0.4, -0.2) is 20.7 Å². The summed E-state index contributed by atoms with van der Waals surface area (Å²) in [6.07, 6.45) is 3.18. The van der Waals surface area contributed by atoms with E-state index in [0.717, 1.165) is 22.4 Å². The van der Waals surface area contributed by atoms with Crippen LogP contribution in [-0.2, 0) is 11.2 Å². The van der Waals surface area contributed by atoms with E-state index in [-0.39, 0.29) is 11.9 Å². The summed E-state index contributed by atoms with van der Waals surface area (Å²) >= 11 is 0. The van der Waals surface area contributed by atoms with Gasteiger partial charge in [-0.05, 0) is 36.1 Å². The van der Waals surface area contributed by atoms with Crippen LogP contribution in [0.1, 0.15) is 34.7 Å². The van der Waals surface area contributed by atoms with E-state index in [0.29, 0.717) is 24.7 Å². The van der Waals surface area contributed by atoms with Gasteiger partial charge in [0.2, 0.25) is 11.9 Å². The molecule has 0 saturated heterocycles. The molecule has 164 valence electrons. The van der Waals surface area contributed by atoms with Gasteiger partial charge in [0.15, 0.2) is 0 Å². The Morgan fingerprint density at radius 2 is 1.67 bits per heavy atom. The first kappa shape index (κ1) is 20.7. The van der Waals surface area contributed by atoms with Gasteiger partial charge in [0.1, 0.15) is 6.04 Å². The lowest BCUT2D eigenvalue weighted by atomic mass is 10.0. The number of anilines is 2. The molecule has 0 unspecified atom stereocenters. The molecule has 3 aromatic carbocycles. The number of amides is 1. The van der Waals surface area contributed by atoms with Crippen molar-refractivity contribution >= 4 is 23.5 Å². The molecular formula is C27H25N5O. The van der Waals surface area contributed by atoms with E-state index in [9.17, 15) is 4.79 Å². The molecule has 4 aromatic rings. The highest BCUT2D eigenvalue weighted by atomic mass is 16.1. The van der Waals surface area contributed by atoms with E-state index >= 15 is 0 Å². The molecule has 0 aliphatic carbocycles.